The lowest BCUT2D eigenvalue weighted by Gasteiger charge is -2.34. The lowest BCUT2D eigenvalue weighted by atomic mass is 10.3. The minimum atomic E-state index is 0.122. The van der Waals surface area contributed by atoms with Crippen LogP contribution in [0.3, 0.4) is 0 Å². The van der Waals surface area contributed by atoms with Crippen molar-refractivity contribution >= 4 is 52.4 Å². The molecule has 2 aliphatic heterocycles. The fourth-order valence-electron chi connectivity index (χ4n) is 3.04. The smallest absolute Gasteiger partial charge is 0.219 e. The van der Waals surface area contributed by atoms with Gasteiger partial charge in [0, 0.05) is 66.2 Å². The largest absolute Gasteiger partial charge is 0.352 e. The molecular formula is C20H27Cl3N8O2. The minimum Gasteiger partial charge on any atom is -0.352 e. The number of carbonyl (C=O) groups is 2. The third-order valence-electron chi connectivity index (χ3n) is 4.78. The van der Waals surface area contributed by atoms with Gasteiger partial charge in [-0.3, -0.25) is 19.6 Å². The molecule has 180 valence electrons. The van der Waals surface area contributed by atoms with Gasteiger partial charge >= 0.3 is 0 Å². The van der Waals surface area contributed by atoms with Gasteiger partial charge in [-0.05, 0) is 0 Å². The van der Waals surface area contributed by atoms with Gasteiger partial charge in [0.25, 0.3) is 0 Å². The van der Waals surface area contributed by atoms with Crippen molar-refractivity contribution in [2.75, 3.05) is 57.3 Å². The molecule has 0 spiro atoms. The number of hydrogen-bond donors (Lipinski definition) is 1. The molecule has 0 unspecified atom stereocenters. The molecule has 2 fully saturated rings. The minimum absolute atomic E-state index is 0.122. The zero-order valence-electron chi connectivity index (χ0n) is 18.5. The van der Waals surface area contributed by atoms with Gasteiger partial charge in [-0.2, -0.15) is 0 Å². The highest BCUT2D eigenvalue weighted by molar-refractivity contribution is 6.32. The lowest BCUT2D eigenvalue weighted by molar-refractivity contribution is -0.130. The summed E-state index contributed by atoms with van der Waals surface area (Å²) in [6.07, 6.45) is 6.05. The Labute approximate surface area is 208 Å². The summed E-state index contributed by atoms with van der Waals surface area (Å²) in [4.78, 5) is 43.1. The van der Waals surface area contributed by atoms with E-state index in [1.54, 1.807) is 20.0 Å². The predicted molar refractivity (Wildman–Crippen MR) is 129 cm³/mol. The maximum Gasteiger partial charge on any atom is 0.219 e. The quantitative estimate of drug-likeness (QED) is 0.612. The summed E-state index contributed by atoms with van der Waals surface area (Å²) < 4.78 is 0. The second-order valence-corrected chi connectivity index (χ2v) is 8.28. The first kappa shape index (κ1) is 27.0. The molecule has 4 rings (SSSR count). The fraction of sp³-hybridized carbons (Fsp3) is 0.500. The molecule has 0 bridgehead atoms. The SMILES string of the molecule is CC(=O)N1CCN(c2cncc(Cl)n2)CC1.CC(=O)N1CCNCC1.Clc1cncc(Cl)n1. The summed E-state index contributed by atoms with van der Waals surface area (Å²) >= 11 is 16.6. The van der Waals surface area contributed by atoms with E-state index in [9.17, 15) is 9.59 Å². The third kappa shape index (κ3) is 10.0. The molecule has 0 radical (unpaired) electrons. The van der Waals surface area contributed by atoms with Gasteiger partial charge in [0.05, 0.1) is 24.8 Å². The maximum atomic E-state index is 11.2. The number of nitrogens with one attached hydrogen (secondary N) is 1. The van der Waals surface area contributed by atoms with Gasteiger partial charge in [-0.1, -0.05) is 34.8 Å². The Hall–Kier alpha value is -2.27. The Morgan fingerprint density at radius 3 is 1.58 bits per heavy atom. The van der Waals surface area contributed by atoms with Crippen LogP contribution >= 0.6 is 34.8 Å². The molecule has 2 aliphatic rings. The summed E-state index contributed by atoms with van der Waals surface area (Å²) in [7, 11) is 0. The van der Waals surface area contributed by atoms with Crippen molar-refractivity contribution in [3.05, 3.63) is 40.2 Å². The summed E-state index contributed by atoms with van der Waals surface area (Å²) in [5.74, 6) is 1.09. The maximum absolute atomic E-state index is 11.2. The number of carbonyl (C=O) groups excluding carboxylic acids is 2. The first-order valence-electron chi connectivity index (χ1n) is 10.3. The van der Waals surface area contributed by atoms with Gasteiger partial charge in [0.1, 0.15) is 21.3 Å². The second kappa shape index (κ2) is 14.1. The average Bonchev–Trinajstić information content (AvgIpc) is 2.80. The molecular weight excluding hydrogens is 491 g/mol. The molecule has 2 amide bonds. The molecule has 2 saturated heterocycles. The first-order chi connectivity index (χ1) is 15.8. The highest BCUT2D eigenvalue weighted by atomic mass is 35.5. The van der Waals surface area contributed by atoms with Crippen molar-refractivity contribution in [3.8, 4) is 0 Å². The van der Waals surface area contributed by atoms with Crippen molar-refractivity contribution < 1.29 is 9.59 Å². The van der Waals surface area contributed by atoms with E-state index in [2.05, 4.69) is 30.2 Å². The third-order valence-corrected chi connectivity index (χ3v) is 5.33. The fourth-order valence-corrected chi connectivity index (χ4v) is 3.52. The zero-order valence-corrected chi connectivity index (χ0v) is 20.8. The van der Waals surface area contributed by atoms with Crippen molar-refractivity contribution in [2.24, 2.45) is 0 Å². The van der Waals surface area contributed by atoms with E-state index in [0.717, 1.165) is 58.2 Å². The number of piperazine rings is 2. The molecule has 0 atom stereocenters. The summed E-state index contributed by atoms with van der Waals surface area (Å²) in [5, 5.41) is 4.20. The molecule has 13 heteroatoms. The molecule has 0 aliphatic carbocycles. The van der Waals surface area contributed by atoms with Crippen LogP contribution in [0, 0.1) is 0 Å². The first-order valence-corrected chi connectivity index (χ1v) is 11.5. The van der Waals surface area contributed by atoms with Gasteiger partial charge in [0.15, 0.2) is 0 Å². The number of amides is 2. The van der Waals surface area contributed by atoms with Gasteiger partial charge in [-0.25, -0.2) is 9.97 Å². The highest BCUT2D eigenvalue weighted by Gasteiger charge is 2.19. The van der Waals surface area contributed by atoms with E-state index in [1.165, 1.54) is 18.6 Å². The van der Waals surface area contributed by atoms with E-state index in [-0.39, 0.29) is 11.8 Å². The summed E-state index contributed by atoms with van der Waals surface area (Å²) in [5.41, 5.74) is 0. The van der Waals surface area contributed by atoms with E-state index in [4.69, 9.17) is 34.8 Å². The van der Waals surface area contributed by atoms with E-state index >= 15 is 0 Å². The van der Waals surface area contributed by atoms with Crippen LogP contribution < -0.4 is 10.2 Å². The molecule has 33 heavy (non-hydrogen) atoms. The molecule has 2 aromatic rings. The number of rotatable bonds is 1. The van der Waals surface area contributed by atoms with Crippen LogP contribution in [0.25, 0.3) is 0 Å². The Balaban J connectivity index is 0.000000192. The second-order valence-electron chi connectivity index (χ2n) is 7.11. The number of anilines is 1. The number of hydrogen-bond acceptors (Lipinski definition) is 8. The van der Waals surface area contributed by atoms with Crippen LogP contribution in [0.1, 0.15) is 13.8 Å². The normalized spacial score (nSPS) is 15.6. The molecule has 10 nitrogen and oxygen atoms in total. The highest BCUT2D eigenvalue weighted by Crippen LogP contribution is 2.14. The van der Waals surface area contributed by atoms with Crippen LogP contribution in [0.5, 0.6) is 0 Å². The lowest BCUT2D eigenvalue weighted by Crippen LogP contribution is -2.48. The number of nitrogens with zero attached hydrogens (tertiary/aromatic N) is 7. The Morgan fingerprint density at radius 1 is 0.727 bits per heavy atom. The average molecular weight is 518 g/mol. The Morgan fingerprint density at radius 2 is 1.18 bits per heavy atom. The Bertz CT molecular complexity index is 889. The van der Waals surface area contributed by atoms with E-state index in [0.29, 0.717) is 15.5 Å². The standard InChI is InChI=1S/C10H13ClN4O.C6H12N2O.C4H2Cl2N2/c1-8(16)14-2-4-15(5-3-14)10-7-12-6-9(11)13-10;1-6(9)8-4-2-7-3-5-8;5-3-1-7-2-4(6)8-3/h6-7H,2-5H2,1H3;7H,2-5H2,1H3;1-2H. The number of halogens is 3. The van der Waals surface area contributed by atoms with Crippen LogP contribution in [0.15, 0.2) is 24.8 Å². The molecule has 0 aromatic carbocycles. The number of aromatic nitrogens is 4. The van der Waals surface area contributed by atoms with Gasteiger partial charge in [-0.15, -0.1) is 0 Å². The van der Waals surface area contributed by atoms with Crippen molar-refractivity contribution in [2.45, 2.75) is 13.8 Å². The molecule has 0 saturated carbocycles. The van der Waals surface area contributed by atoms with Crippen molar-refractivity contribution in [3.63, 3.8) is 0 Å². The molecule has 4 heterocycles. The van der Waals surface area contributed by atoms with Crippen LogP contribution in [-0.2, 0) is 9.59 Å². The van der Waals surface area contributed by atoms with Gasteiger partial charge in [0.2, 0.25) is 11.8 Å². The van der Waals surface area contributed by atoms with Crippen LogP contribution in [0.2, 0.25) is 15.5 Å². The predicted octanol–water partition coefficient (Wildman–Crippen LogP) is 2.02. The van der Waals surface area contributed by atoms with Gasteiger partial charge < -0.3 is 20.0 Å². The Kier molecular flexibility index (Phi) is 11.5. The van der Waals surface area contributed by atoms with E-state index < -0.39 is 0 Å². The summed E-state index contributed by atoms with van der Waals surface area (Å²) in [6.45, 7) is 9.83. The molecule has 2 aromatic heterocycles. The van der Waals surface area contributed by atoms with Crippen molar-refractivity contribution in [1.82, 2.24) is 35.1 Å². The monoisotopic (exact) mass is 516 g/mol. The van der Waals surface area contributed by atoms with Crippen LogP contribution in [-0.4, -0.2) is 93.9 Å². The van der Waals surface area contributed by atoms with E-state index in [1.807, 2.05) is 9.80 Å². The molecule has 1 N–H and O–H groups in total. The van der Waals surface area contributed by atoms with Crippen LogP contribution in [0.4, 0.5) is 5.82 Å². The summed E-state index contributed by atoms with van der Waals surface area (Å²) in [6, 6.07) is 0. The van der Waals surface area contributed by atoms with Crippen molar-refractivity contribution in [1.29, 1.82) is 0 Å². The topological polar surface area (TPSA) is 107 Å². The zero-order chi connectivity index (χ0) is 24.2.